The van der Waals surface area contributed by atoms with Gasteiger partial charge in [-0.1, -0.05) is 12.8 Å². The van der Waals surface area contributed by atoms with Crippen LogP contribution in [-0.2, 0) is 4.79 Å². The van der Waals surface area contributed by atoms with Crippen LogP contribution < -0.4 is 10.6 Å². The summed E-state index contributed by atoms with van der Waals surface area (Å²) in [4.78, 5) is 22.2. The molecule has 0 unspecified atom stereocenters. The summed E-state index contributed by atoms with van der Waals surface area (Å²) in [5.41, 5.74) is -0.0698. The van der Waals surface area contributed by atoms with Gasteiger partial charge in [0, 0.05) is 30.9 Å². The van der Waals surface area contributed by atoms with E-state index < -0.39 is 10.3 Å². The Bertz CT molecular complexity index is 586. The number of carbonyl (C=O) groups is 1. The number of anilines is 1. The quantitative estimate of drug-likeness (QED) is 0.476. The van der Waals surface area contributed by atoms with E-state index in [1.165, 1.54) is 12.1 Å². The van der Waals surface area contributed by atoms with Crippen LogP contribution in [0.5, 0.6) is 0 Å². The van der Waals surface area contributed by atoms with Gasteiger partial charge in [-0.3, -0.25) is 14.9 Å². The first-order valence-corrected chi connectivity index (χ1v) is 7.25. The zero-order valence-electron chi connectivity index (χ0n) is 12.2. The van der Waals surface area contributed by atoms with Gasteiger partial charge in [-0.25, -0.2) is 0 Å². The predicted molar refractivity (Wildman–Crippen MR) is 81.1 cm³/mol. The fourth-order valence-electron chi connectivity index (χ4n) is 2.62. The molecule has 116 valence electrons. The van der Waals surface area contributed by atoms with E-state index in [0.29, 0.717) is 25.9 Å². The van der Waals surface area contributed by atoms with Crippen molar-refractivity contribution in [1.29, 1.82) is 5.26 Å². The van der Waals surface area contributed by atoms with Crippen LogP contribution in [0.1, 0.15) is 25.7 Å². The average molecular weight is 302 g/mol. The second-order valence-electron chi connectivity index (χ2n) is 5.39. The Morgan fingerprint density at radius 2 is 1.91 bits per heavy atom. The van der Waals surface area contributed by atoms with Crippen molar-refractivity contribution in [3.05, 3.63) is 34.4 Å². The minimum absolute atomic E-state index is 0.0380. The molecule has 0 radical (unpaired) electrons. The van der Waals surface area contributed by atoms with Crippen molar-refractivity contribution < 1.29 is 9.72 Å². The van der Waals surface area contributed by atoms with Gasteiger partial charge in [-0.2, -0.15) is 5.26 Å². The summed E-state index contributed by atoms with van der Waals surface area (Å²) < 4.78 is 0. The van der Waals surface area contributed by atoms with E-state index >= 15 is 0 Å². The maximum atomic E-state index is 12.1. The Morgan fingerprint density at radius 1 is 1.27 bits per heavy atom. The van der Waals surface area contributed by atoms with E-state index in [0.717, 1.165) is 18.5 Å². The highest BCUT2D eigenvalue weighted by Gasteiger charge is 2.41. The van der Waals surface area contributed by atoms with Crippen molar-refractivity contribution in [2.45, 2.75) is 25.7 Å². The fourth-order valence-corrected chi connectivity index (χ4v) is 2.62. The summed E-state index contributed by atoms with van der Waals surface area (Å²) in [5.74, 6) is -0.196. The highest BCUT2D eigenvalue weighted by Crippen LogP contribution is 2.37. The number of hydrogen-bond acceptors (Lipinski definition) is 5. The first-order chi connectivity index (χ1) is 10.6. The molecule has 22 heavy (non-hydrogen) atoms. The molecule has 0 heterocycles. The lowest BCUT2D eigenvalue weighted by Gasteiger charge is -2.19. The molecular weight excluding hydrogens is 284 g/mol. The molecule has 7 heteroatoms. The molecule has 0 spiro atoms. The summed E-state index contributed by atoms with van der Waals surface area (Å²) in [5, 5.41) is 25.6. The van der Waals surface area contributed by atoms with E-state index in [1.807, 2.05) is 0 Å². The molecule has 1 aliphatic carbocycles. The summed E-state index contributed by atoms with van der Waals surface area (Å²) >= 11 is 0. The summed E-state index contributed by atoms with van der Waals surface area (Å²) in [6.07, 6.45) is 3.10. The number of nitrogens with one attached hydrogen (secondary N) is 2. The Morgan fingerprint density at radius 3 is 2.45 bits per heavy atom. The third-order valence-corrected chi connectivity index (χ3v) is 3.92. The Labute approximate surface area is 128 Å². The molecule has 1 amide bonds. The zero-order valence-corrected chi connectivity index (χ0v) is 12.2. The fraction of sp³-hybridized carbons (Fsp3) is 0.467. The number of nitro benzene ring substituents is 1. The Kier molecular flexibility index (Phi) is 4.94. The molecule has 0 bridgehead atoms. The number of amides is 1. The second-order valence-corrected chi connectivity index (χ2v) is 5.39. The number of carbonyl (C=O) groups excluding carboxylic acids is 1. The third kappa shape index (κ3) is 3.52. The van der Waals surface area contributed by atoms with Gasteiger partial charge in [0.2, 0.25) is 5.91 Å². The zero-order chi connectivity index (χ0) is 16.0. The third-order valence-electron chi connectivity index (χ3n) is 3.92. The van der Waals surface area contributed by atoms with Crippen LogP contribution in [0.2, 0.25) is 0 Å². The van der Waals surface area contributed by atoms with Gasteiger partial charge in [0.15, 0.2) is 0 Å². The summed E-state index contributed by atoms with van der Waals surface area (Å²) in [6, 6.07) is 8.24. The topological polar surface area (TPSA) is 108 Å². The van der Waals surface area contributed by atoms with Crippen molar-refractivity contribution >= 4 is 17.3 Å². The number of rotatable bonds is 6. The molecule has 0 aliphatic heterocycles. The minimum atomic E-state index is -0.854. The van der Waals surface area contributed by atoms with Crippen molar-refractivity contribution in [3.63, 3.8) is 0 Å². The molecule has 7 nitrogen and oxygen atoms in total. The number of non-ortho nitro benzene ring substituents is 1. The lowest BCUT2D eigenvalue weighted by molar-refractivity contribution is -0.384. The largest absolute Gasteiger partial charge is 0.383 e. The number of hydrogen-bond donors (Lipinski definition) is 2. The molecule has 1 aliphatic rings. The standard InChI is InChI=1S/C15H18N4O3/c16-11-15(7-1-2-8-15)14(20)18-10-9-17-12-3-5-13(6-4-12)19(21)22/h3-6,17H,1-2,7-10H2,(H,18,20). The van der Waals surface area contributed by atoms with Crippen LogP contribution in [0.25, 0.3) is 0 Å². The molecule has 0 atom stereocenters. The van der Waals surface area contributed by atoms with Gasteiger partial charge in [-0.05, 0) is 25.0 Å². The molecule has 2 rings (SSSR count). The van der Waals surface area contributed by atoms with Crippen LogP contribution >= 0.6 is 0 Å². The maximum absolute atomic E-state index is 12.1. The number of nitriles is 1. The first-order valence-electron chi connectivity index (χ1n) is 7.25. The van der Waals surface area contributed by atoms with Crippen LogP contribution in [0, 0.1) is 26.9 Å². The lowest BCUT2D eigenvalue weighted by atomic mass is 9.87. The maximum Gasteiger partial charge on any atom is 0.269 e. The van der Waals surface area contributed by atoms with Crippen LogP contribution in [0.3, 0.4) is 0 Å². The van der Waals surface area contributed by atoms with Crippen LogP contribution in [-0.4, -0.2) is 23.9 Å². The number of benzene rings is 1. The average Bonchev–Trinajstić information content (AvgIpc) is 3.02. The Hall–Kier alpha value is -2.62. The number of nitrogens with zero attached hydrogens (tertiary/aromatic N) is 2. The minimum Gasteiger partial charge on any atom is -0.383 e. The van der Waals surface area contributed by atoms with E-state index in [-0.39, 0.29) is 11.6 Å². The van der Waals surface area contributed by atoms with Crippen molar-refractivity contribution in [2.75, 3.05) is 18.4 Å². The highest BCUT2D eigenvalue weighted by atomic mass is 16.6. The van der Waals surface area contributed by atoms with Crippen LogP contribution in [0.4, 0.5) is 11.4 Å². The predicted octanol–water partition coefficient (Wildman–Crippen LogP) is 2.21. The van der Waals surface area contributed by atoms with E-state index in [4.69, 9.17) is 0 Å². The SMILES string of the molecule is N#CC1(C(=O)NCCNc2ccc([N+](=O)[O-])cc2)CCCC1. The highest BCUT2D eigenvalue weighted by molar-refractivity contribution is 5.85. The molecule has 2 N–H and O–H groups in total. The molecular formula is C15H18N4O3. The molecule has 1 aromatic carbocycles. The van der Waals surface area contributed by atoms with Gasteiger partial charge < -0.3 is 10.6 Å². The summed E-state index contributed by atoms with van der Waals surface area (Å²) in [6.45, 7) is 0.893. The normalized spacial score (nSPS) is 15.8. The second kappa shape index (κ2) is 6.89. The van der Waals surface area contributed by atoms with Crippen molar-refractivity contribution in [1.82, 2.24) is 5.32 Å². The first kappa shape index (κ1) is 15.8. The molecule has 0 aromatic heterocycles. The number of nitro groups is 1. The lowest BCUT2D eigenvalue weighted by Crippen LogP contribution is -2.40. The van der Waals surface area contributed by atoms with Crippen molar-refractivity contribution in [2.24, 2.45) is 5.41 Å². The molecule has 1 saturated carbocycles. The van der Waals surface area contributed by atoms with Gasteiger partial charge in [0.1, 0.15) is 5.41 Å². The molecule has 1 fully saturated rings. The smallest absolute Gasteiger partial charge is 0.269 e. The van der Waals surface area contributed by atoms with Crippen LogP contribution in [0.15, 0.2) is 24.3 Å². The van der Waals surface area contributed by atoms with E-state index in [2.05, 4.69) is 16.7 Å². The molecule has 1 aromatic rings. The monoisotopic (exact) mass is 302 g/mol. The van der Waals surface area contributed by atoms with Crippen molar-refractivity contribution in [3.8, 4) is 6.07 Å². The van der Waals surface area contributed by atoms with Gasteiger partial charge in [0.25, 0.3) is 5.69 Å². The van der Waals surface area contributed by atoms with Gasteiger partial charge >= 0.3 is 0 Å². The van der Waals surface area contributed by atoms with Gasteiger partial charge in [-0.15, -0.1) is 0 Å². The van der Waals surface area contributed by atoms with E-state index in [9.17, 15) is 20.2 Å². The Balaban J connectivity index is 1.76. The van der Waals surface area contributed by atoms with E-state index in [1.54, 1.807) is 12.1 Å². The summed E-state index contributed by atoms with van der Waals surface area (Å²) in [7, 11) is 0. The molecule has 0 saturated heterocycles. The van der Waals surface area contributed by atoms with Gasteiger partial charge in [0.05, 0.1) is 11.0 Å².